The van der Waals surface area contributed by atoms with E-state index in [1.54, 1.807) is 6.20 Å². The number of aromatic nitrogens is 2. The number of nitriles is 1. The molecule has 0 spiro atoms. The molecular weight excluding hydrogens is 336 g/mol. The van der Waals surface area contributed by atoms with E-state index in [0.717, 1.165) is 12.2 Å². The topological polar surface area (TPSA) is 99.6 Å². The normalized spacial score (nSPS) is 26.8. The number of hydrogen-bond acceptors (Lipinski definition) is 6. The molecule has 1 heterocycles. The van der Waals surface area contributed by atoms with E-state index in [4.69, 9.17) is 5.73 Å². The zero-order chi connectivity index (χ0) is 18.6. The number of rotatable bonds is 5. The van der Waals surface area contributed by atoms with E-state index in [1.165, 1.54) is 32.1 Å². The second kappa shape index (κ2) is 7.93. The van der Waals surface area contributed by atoms with Gasteiger partial charge in [-0.05, 0) is 55.6 Å². The summed E-state index contributed by atoms with van der Waals surface area (Å²) in [5, 5.41) is 16.0. The maximum Gasteiger partial charge on any atom is 0.229 e. The average molecular weight is 362 g/mol. The van der Waals surface area contributed by atoms with E-state index in [-0.39, 0.29) is 0 Å². The summed E-state index contributed by atoms with van der Waals surface area (Å²) in [6.07, 6.45) is 7.76. The summed E-state index contributed by atoms with van der Waals surface area (Å²) in [4.78, 5) is 8.79. The lowest BCUT2D eigenvalue weighted by Crippen LogP contribution is -2.47. The highest BCUT2D eigenvalue weighted by Gasteiger charge is 2.37. The van der Waals surface area contributed by atoms with Gasteiger partial charge in [0.2, 0.25) is 5.95 Å². The van der Waals surface area contributed by atoms with Crippen LogP contribution in [-0.2, 0) is 0 Å². The summed E-state index contributed by atoms with van der Waals surface area (Å²) >= 11 is 0. The molecule has 140 valence electrons. The standard InChI is InChI=1S/C21H26N6/c22-11-17-13-25-21(26-18-7-2-1-3-8-18)27-20(17)24-12-14-9-15-5-4-6-16(10-14)19(15)23/h1-3,7-8,13-16,19H,4-6,9-10,12,23H2,(H2,24,25,26,27)/t14?,15-,16+,19-. The number of fused-ring (bicyclic) bond motifs is 2. The van der Waals surface area contributed by atoms with Crippen LogP contribution < -0.4 is 16.4 Å². The quantitative estimate of drug-likeness (QED) is 0.751. The van der Waals surface area contributed by atoms with Crippen molar-refractivity contribution in [1.29, 1.82) is 5.26 Å². The minimum Gasteiger partial charge on any atom is -0.369 e. The minimum absolute atomic E-state index is 0.380. The first kappa shape index (κ1) is 17.7. The second-order valence-corrected chi connectivity index (χ2v) is 7.81. The van der Waals surface area contributed by atoms with Crippen LogP contribution in [-0.4, -0.2) is 22.6 Å². The fourth-order valence-electron chi connectivity index (χ4n) is 4.63. The van der Waals surface area contributed by atoms with Gasteiger partial charge < -0.3 is 16.4 Å². The summed E-state index contributed by atoms with van der Waals surface area (Å²) < 4.78 is 0. The first-order valence-electron chi connectivity index (χ1n) is 9.81. The van der Waals surface area contributed by atoms with Crippen LogP contribution in [0.4, 0.5) is 17.5 Å². The van der Waals surface area contributed by atoms with Crippen LogP contribution in [0.25, 0.3) is 0 Å². The molecule has 1 aromatic heterocycles. The highest BCUT2D eigenvalue weighted by atomic mass is 15.1. The smallest absolute Gasteiger partial charge is 0.229 e. The van der Waals surface area contributed by atoms with Crippen molar-refractivity contribution in [3.8, 4) is 6.07 Å². The molecule has 2 bridgehead atoms. The maximum atomic E-state index is 9.40. The Balaban J connectivity index is 1.43. The molecule has 4 rings (SSSR count). The molecule has 2 aliphatic rings. The van der Waals surface area contributed by atoms with Gasteiger partial charge in [-0.3, -0.25) is 0 Å². The first-order chi connectivity index (χ1) is 13.2. The van der Waals surface area contributed by atoms with E-state index in [9.17, 15) is 5.26 Å². The molecular formula is C21H26N6. The zero-order valence-electron chi connectivity index (χ0n) is 15.4. The molecule has 2 aromatic rings. The lowest BCUT2D eigenvalue weighted by atomic mass is 9.65. The zero-order valence-corrected chi connectivity index (χ0v) is 15.4. The SMILES string of the molecule is N#Cc1cnc(Nc2ccccc2)nc1NCC1C[C@H]2CCC[C@@H](C1)[C@@H]2N. The van der Waals surface area contributed by atoms with Gasteiger partial charge >= 0.3 is 0 Å². The number of benzene rings is 1. The fourth-order valence-corrected chi connectivity index (χ4v) is 4.63. The molecule has 1 unspecified atom stereocenters. The molecule has 4 atom stereocenters. The third-order valence-electron chi connectivity index (χ3n) is 6.01. The number of nitrogens with zero attached hydrogens (tertiary/aromatic N) is 3. The van der Waals surface area contributed by atoms with Crippen LogP contribution in [0.5, 0.6) is 0 Å². The summed E-state index contributed by atoms with van der Waals surface area (Å²) in [6.45, 7) is 0.830. The highest BCUT2D eigenvalue weighted by Crippen LogP contribution is 2.41. The van der Waals surface area contributed by atoms with Crippen molar-refractivity contribution in [3.63, 3.8) is 0 Å². The van der Waals surface area contributed by atoms with Crippen molar-refractivity contribution < 1.29 is 0 Å². The summed E-state index contributed by atoms with van der Waals surface area (Å²) in [5.41, 5.74) is 7.79. The van der Waals surface area contributed by atoms with E-state index >= 15 is 0 Å². The predicted molar refractivity (Wildman–Crippen MR) is 106 cm³/mol. The summed E-state index contributed by atoms with van der Waals surface area (Å²) in [6, 6.07) is 12.4. The Morgan fingerprint density at radius 2 is 1.89 bits per heavy atom. The highest BCUT2D eigenvalue weighted by molar-refractivity contribution is 5.58. The van der Waals surface area contributed by atoms with E-state index < -0.39 is 0 Å². The van der Waals surface area contributed by atoms with Crippen molar-refractivity contribution >= 4 is 17.5 Å². The molecule has 2 saturated carbocycles. The Labute approximate surface area is 160 Å². The van der Waals surface area contributed by atoms with Crippen molar-refractivity contribution in [2.75, 3.05) is 17.2 Å². The fraction of sp³-hybridized carbons (Fsp3) is 0.476. The van der Waals surface area contributed by atoms with Gasteiger partial charge in [-0.2, -0.15) is 10.2 Å². The van der Waals surface area contributed by atoms with Crippen molar-refractivity contribution in [2.24, 2.45) is 23.5 Å². The van der Waals surface area contributed by atoms with Crippen LogP contribution in [0.2, 0.25) is 0 Å². The lowest BCUT2D eigenvalue weighted by Gasteiger charge is -2.44. The van der Waals surface area contributed by atoms with Crippen LogP contribution >= 0.6 is 0 Å². The Morgan fingerprint density at radius 1 is 1.15 bits per heavy atom. The molecule has 0 amide bonds. The van der Waals surface area contributed by atoms with Crippen molar-refractivity contribution in [2.45, 2.75) is 38.1 Å². The third-order valence-corrected chi connectivity index (χ3v) is 6.01. The Kier molecular flexibility index (Phi) is 5.21. The van der Waals surface area contributed by atoms with E-state index in [2.05, 4.69) is 26.7 Å². The Bertz CT molecular complexity index is 801. The van der Waals surface area contributed by atoms with Crippen LogP contribution in [0, 0.1) is 29.1 Å². The number of hydrogen-bond donors (Lipinski definition) is 3. The molecule has 1 aromatic carbocycles. The van der Waals surface area contributed by atoms with Gasteiger partial charge in [0.15, 0.2) is 0 Å². The van der Waals surface area contributed by atoms with E-state index in [0.29, 0.717) is 41.1 Å². The molecule has 4 N–H and O–H groups in total. The molecule has 6 nitrogen and oxygen atoms in total. The number of anilines is 3. The van der Waals surface area contributed by atoms with Gasteiger partial charge in [-0.15, -0.1) is 0 Å². The van der Waals surface area contributed by atoms with Gasteiger partial charge in [-0.1, -0.05) is 24.6 Å². The van der Waals surface area contributed by atoms with Gasteiger partial charge in [0.25, 0.3) is 0 Å². The average Bonchev–Trinajstić information content (AvgIpc) is 2.68. The molecule has 2 aliphatic carbocycles. The molecule has 2 fully saturated rings. The van der Waals surface area contributed by atoms with Gasteiger partial charge in [0.05, 0.1) is 6.20 Å². The molecule has 0 aliphatic heterocycles. The number of nitrogens with two attached hydrogens (primary N) is 1. The first-order valence-corrected chi connectivity index (χ1v) is 9.81. The summed E-state index contributed by atoms with van der Waals surface area (Å²) in [7, 11) is 0. The Morgan fingerprint density at radius 3 is 2.59 bits per heavy atom. The number of para-hydroxylation sites is 1. The molecule has 0 radical (unpaired) electrons. The number of nitrogens with one attached hydrogen (secondary N) is 2. The maximum absolute atomic E-state index is 9.40. The van der Waals surface area contributed by atoms with Gasteiger partial charge in [0.1, 0.15) is 17.5 Å². The van der Waals surface area contributed by atoms with Crippen LogP contribution in [0.15, 0.2) is 36.5 Å². The van der Waals surface area contributed by atoms with Gasteiger partial charge in [-0.25, -0.2) is 4.98 Å². The molecule has 0 saturated heterocycles. The Hall–Kier alpha value is -2.65. The lowest BCUT2D eigenvalue weighted by molar-refractivity contribution is 0.112. The predicted octanol–water partition coefficient (Wildman–Crippen LogP) is 3.66. The van der Waals surface area contributed by atoms with Crippen molar-refractivity contribution in [3.05, 3.63) is 42.1 Å². The largest absolute Gasteiger partial charge is 0.369 e. The molecule has 6 heteroatoms. The second-order valence-electron chi connectivity index (χ2n) is 7.81. The van der Waals surface area contributed by atoms with E-state index in [1.807, 2.05) is 30.3 Å². The monoisotopic (exact) mass is 362 g/mol. The minimum atomic E-state index is 0.380. The molecule has 27 heavy (non-hydrogen) atoms. The third kappa shape index (κ3) is 4.04. The van der Waals surface area contributed by atoms with Crippen molar-refractivity contribution in [1.82, 2.24) is 9.97 Å². The van der Waals surface area contributed by atoms with Gasteiger partial charge in [0, 0.05) is 18.3 Å². The van der Waals surface area contributed by atoms with Crippen LogP contribution in [0.3, 0.4) is 0 Å². The summed E-state index contributed by atoms with van der Waals surface area (Å²) in [5.74, 6) is 2.99. The van der Waals surface area contributed by atoms with Crippen LogP contribution in [0.1, 0.15) is 37.7 Å².